The van der Waals surface area contributed by atoms with E-state index in [4.69, 9.17) is 31.1 Å². The summed E-state index contributed by atoms with van der Waals surface area (Å²) in [5.41, 5.74) is 6.93. The molecule has 0 atom stereocenters. The molecule has 1 aliphatic heterocycles. The number of nitrogens with zero attached hydrogens (tertiary/aromatic N) is 4. The molecule has 1 aromatic heterocycles. The highest BCUT2D eigenvalue weighted by molar-refractivity contribution is 6.32. The van der Waals surface area contributed by atoms with E-state index < -0.39 is 0 Å². The lowest BCUT2D eigenvalue weighted by molar-refractivity contribution is -0.127. The Morgan fingerprint density at radius 3 is 2.19 bits per heavy atom. The Bertz CT molecular complexity index is 2000. The van der Waals surface area contributed by atoms with Gasteiger partial charge in [-0.25, -0.2) is 4.98 Å². The quantitative estimate of drug-likeness (QED) is 0.111. The van der Waals surface area contributed by atoms with E-state index >= 15 is 0 Å². The predicted octanol–water partition coefficient (Wildman–Crippen LogP) is 9.00. The third kappa shape index (κ3) is 11.3. The minimum absolute atomic E-state index is 0. The van der Waals surface area contributed by atoms with Crippen molar-refractivity contribution in [1.29, 1.82) is 5.26 Å². The van der Waals surface area contributed by atoms with Crippen molar-refractivity contribution in [3.63, 3.8) is 0 Å². The summed E-state index contributed by atoms with van der Waals surface area (Å²) in [4.78, 5) is 21.7. The zero-order chi connectivity index (χ0) is 36.3. The largest absolute Gasteiger partial charge is 0.493 e. The maximum absolute atomic E-state index is 13.0. The molecule has 10 heteroatoms. The lowest BCUT2D eigenvalue weighted by atomic mass is 10.1. The summed E-state index contributed by atoms with van der Waals surface area (Å²) in [6.07, 6.45) is 5.86. The normalized spacial score (nSPS) is 12.9. The van der Waals surface area contributed by atoms with E-state index in [1.54, 1.807) is 48.7 Å². The summed E-state index contributed by atoms with van der Waals surface area (Å²) >= 11 is 6.62. The van der Waals surface area contributed by atoms with E-state index in [-0.39, 0.29) is 18.3 Å². The molecule has 0 bridgehead atoms. The van der Waals surface area contributed by atoms with E-state index in [2.05, 4.69) is 59.3 Å². The molecular weight excluding hydrogens is 707 g/mol. The number of benzene rings is 4. The third-order valence-corrected chi connectivity index (χ3v) is 9.15. The molecule has 2 heterocycles. The van der Waals surface area contributed by atoms with E-state index in [1.807, 2.05) is 42.2 Å². The Morgan fingerprint density at radius 1 is 0.849 bits per heavy atom. The highest BCUT2D eigenvalue weighted by Gasteiger charge is 2.20. The number of pyridine rings is 1. The van der Waals surface area contributed by atoms with Gasteiger partial charge in [-0.2, -0.15) is 5.26 Å². The van der Waals surface area contributed by atoms with Gasteiger partial charge in [0.1, 0.15) is 18.1 Å². The van der Waals surface area contributed by atoms with Crippen LogP contribution < -0.4 is 14.2 Å². The number of aryl methyl sites for hydroxylation is 2. The minimum Gasteiger partial charge on any atom is -0.493 e. The molecule has 0 N–H and O–H groups in total. The second-order valence-corrected chi connectivity index (χ2v) is 13.3. The lowest BCUT2D eigenvalue weighted by Crippen LogP contribution is -2.47. The van der Waals surface area contributed by atoms with Gasteiger partial charge in [0.25, 0.3) is 0 Å². The number of carbonyl (C=O) groups excluding carboxylic acids is 1. The maximum atomic E-state index is 13.0. The van der Waals surface area contributed by atoms with Crippen LogP contribution in [0.3, 0.4) is 0 Å². The number of hydrogen-bond donors (Lipinski definition) is 0. The first-order valence-corrected chi connectivity index (χ1v) is 17.7. The Balaban J connectivity index is 0.00000541. The van der Waals surface area contributed by atoms with Gasteiger partial charge >= 0.3 is 0 Å². The standard InChI is InChI=1S/C43H41ClN4O4.ClH/c1-31-3-14-38(15-4-31)50-24-19-33-5-9-35(10-6-33)29-47-20-22-48(23-21-47)42(49)18-13-37-25-32(2)43(40(44)26-37)52-41-17-16-39(28-46-41)51-30-36-11-7-34(27-45)8-12-36;/h3-18,25-26,28H,19-24,29-30H2,1-2H3;1H/b18-13+;. The summed E-state index contributed by atoms with van der Waals surface area (Å²) in [5.74, 6) is 2.36. The Labute approximate surface area is 322 Å². The zero-order valence-electron chi connectivity index (χ0n) is 29.8. The van der Waals surface area contributed by atoms with Gasteiger partial charge in [0.15, 0.2) is 5.75 Å². The van der Waals surface area contributed by atoms with Gasteiger partial charge in [-0.3, -0.25) is 9.69 Å². The molecular formula is C43H42Cl2N4O4. The van der Waals surface area contributed by atoms with Crippen LogP contribution in [0.25, 0.3) is 6.08 Å². The first kappa shape index (κ1) is 38.9. The molecule has 0 spiro atoms. The van der Waals surface area contributed by atoms with Crippen LogP contribution in [-0.2, 0) is 24.4 Å². The molecule has 8 nitrogen and oxygen atoms in total. The van der Waals surface area contributed by atoms with Crippen LogP contribution in [0.5, 0.6) is 23.1 Å². The first-order valence-electron chi connectivity index (χ1n) is 17.3. The molecule has 4 aromatic carbocycles. The molecule has 272 valence electrons. The summed E-state index contributed by atoms with van der Waals surface area (Å²) in [6, 6.07) is 33.4. The molecule has 1 aliphatic rings. The fourth-order valence-corrected chi connectivity index (χ4v) is 6.15. The molecule has 1 fully saturated rings. The second kappa shape index (κ2) is 19.0. The number of hydrogen-bond acceptors (Lipinski definition) is 7. The molecule has 1 amide bonds. The molecule has 0 saturated carbocycles. The zero-order valence-corrected chi connectivity index (χ0v) is 31.4. The SMILES string of the molecule is Cc1ccc(OCCc2ccc(CN3CCN(C(=O)/C=C/c4cc(C)c(Oc5ccc(OCc6ccc(C#N)cc6)cn5)c(Cl)c4)CC3)cc2)cc1.Cl. The van der Waals surface area contributed by atoms with Gasteiger partial charge in [0, 0.05) is 51.3 Å². The van der Waals surface area contributed by atoms with Crippen molar-refractivity contribution in [2.45, 2.75) is 33.4 Å². The second-order valence-electron chi connectivity index (χ2n) is 12.8. The number of rotatable bonds is 13. The molecule has 5 aromatic rings. The number of amides is 1. The van der Waals surface area contributed by atoms with Crippen molar-refractivity contribution in [3.05, 3.63) is 153 Å². The average Bonchev–Trinajstić information content (AvgIpc) is 3.17. The lowest BCUT2D eigenvalue weighted by Gasteiger charge is -2.34. The van der Waals surface area contributed by atoms with Gasteiger partial charge < -0.3 is 19.1 Å². The van der Waals surface area contributed by atoms with Crippen molar-refractivity contribution < 1.29 is 19.0 Å². The van der Waals surface area contributed by atoms with Crippen molar-refractivity contribution in [2.24, 2.45) is 0 Å². The van der Waals surface area contributed by atoms with Crippen molar-refractivity contribution in [3.8, 4) is 29.2 Å². The minimum atomic E-state index is -0.0170. The highest BCUT2D eigenvalue weighted by atomic mass is 35.5. The number of carbonyl (C=O) groups is 1. The fraction of sp³-hybridized carbons (Fsp3) is 0.233. The Kier molecular flexibility index (Phi) is 13.9. The van der Waals surface area contributed by atoms with E-state index in [9.17, 15) is 4.79 Å². The van der Waals surface area contributed by atoms with Crippen LogP contribution in [0.1, 0.15) is 38.9 Å². The summed E-state index contributed by atoms with van der Waals surface area (Å²) in [7, 11) is 0. The van der Waals surface area contributed by atoms with Crippen LogP contribution >= 0.6 is 24.0 Å². The summed E-state index contributed by atoms with van der Waals surface area (Å²) in [5, 5.41) is 9.38. The van der Waals surface area contributed by atoms with Gasteiger partial charge in [0.05, 0.1) is 29.5 Å². The van der Waals surface area contributed by atoms with Crippen LogP contribution in [0.4, 0.5) is 0 Å². The average molecular weight is 750 g/mol. The number of halogens is 2. The topological polar surface area (TPSA) is 87.9 Å². The van der Waals surface area contributed by atoms with E-state index in [0.29, 0.717) is 54.3 Å². The molecule has 1 saturated heterocycles. The highest BCUT2D eigenvalue weighted by Crippen LogP contribution is 2.34. The Hall–Kier alpha value is -5.33. The van der Waals surface area contributed by atoms with Crippen LogP contribution in [0.2, 0.25) is 5.02 Å². The van der Waals surface area contributed by atoms with E-state index in [0.717, 1.165) is 48.5 Å². The number of aromatic nitrogens is 1. The van der Waals surface area contributed by atoms with Crippen LogP contribution in [-0.4, -0.2) is 53.5 Å². The van der Waals surface area contributed by atoms with E-state index in [1.165, 1.54) is 16.7 Å². The summed E-state index contributed by atoms with van der Waals surface area (Å²) in [6.45, 7) is 8.83. The fourth-order valence-electron chi connectivity index (χ4n) is 5.83. The number of ether oxygens (including phenoxy) is 3. The molecule has 6 rings (SSSR count). The van der Waals surface area contributed by atoms with Crippen molar-refractivity contribution in [2.75, 3.05) is 32.8 Å². The predicted molar refractivity (Wildman–Crippen MR) is 211 cm³/mol. The van der Waals surface area contributed by atoms with Gasteiger partial charge in [0.2, 0.25) is 11.8 Å². The number of piperazine rings is 1. The summed E-state index contributed by atoms with van der Waals surface area (Å²) < 4.78 is 17.7. The molecule has 53 heavy (non-hydrogen) atoms. The van der Waals surface area contributed by atoms with Gasteiger partial charge in [-0.05, 0) is 90.2 Å². The third-order valence-electron chi connectivity index (χ3n) is 8.87. The maximum Gasteiger partial charge on any atom is 0.246 e. The molecule has 0 unspecified atom stereocenters. The first-order chi connectivity index (χ1) is 25.3. The van der Waals surface area contributed by atoms with Crippen molar-refractivity contribution >= 4 is 36.0 Å². The monoisotopic (exact) mass is 748 g/mol. The van der Waals surface area contributed by atoms with Crippen LogP contribution in [0, 0.1) is 25.2 Å². The number of nitriles is 1. The Morgan fingerprint density at radius 2 is 1.53 bits per heavy atom. The van der Waals surface area contributed by atoms with Crippen molar-refractivity contribution in [1.82, 2.24) is 14.8 Å². The molecule has 0 aliphatic carbocycles. The molecule has 0 radical (unpaired) electrons. The smallest absolute Gasteiger partial charge is 0.246 e. The van der Waals surface area contributed by atoms with Crippen LogP contribution in [0.15, 0.2) is 109 Å². The van der Waals surface area contributed by atoms with Gasteiger partial charge in [-0.1, -0.05) is 65.7 Å². The van der Waals surface area contributed by atoms with Gasteiger partial charge in [-0.15, -0.1) is 12.4 Å².